The number of ketones is 1. The van der Waals surface area contributed by atoms with Crippen molar-refractivity contribution in [1.29, 1.82) is 0 Å². The predicted octanol–water partition coefficient (Wildman–Crippen LogP) is 5.99. The fraction of sp³-hybridized carbons (Fsp3) is 0.292. The van der Waals surface area contributed by atoms with Crippen LogP contribution in [0.4, 0.5) is 0 Å². The van der Waals surface area contributed by atoms with Gasteiger partial charge in [-0.15, -0.1) is 11.3 Å². The molecule has 0 radical (unpaired) electrons. The van der Waals surface area contributed by atoms with E-state index in [1.54, 1.807) is 18.2 Å². The lowest BCUT2D eigenvalue weighted by Crippen LogP contribution is -2.40. The first kappa shape index (κ1) is 24.2. The summed E-state index contributed by atoms with van der Waals surface area (Å²) in [6, 6.07) is 17.6. The van der Waals surface area contributed by atoms with Crippen LogP contribution in [0.1, 0.15) is 30.4 Å². The topological polar surface area (TPSA) is 63.7 Å². The van der Waals surface area contributed by atoms with E-state index in [1.807, 2.05) is 36.4 Å². The maximum atomic E-state index is 13.0. The van der Waals surface area contributed by atoms with Crippen LogP contribution in [0.5, 0.6) is 5.75 Å². The van der Waals surface area contributed by atoms with E-state index in [-0.39, 0.29) is 9.99 Å². The number of hydrogen-bond acceptors (Lipinski definition) is 5. The second-order valence-corrected chi connectivity index (χ2v) is 12.1. The van der Waals surface area contributed by atoms with E-state index in [1.165, 1.54) is 10.4 Å². The Morgan fingerprint density at radius 1 is 1.00 bits per heavy atom. The summed E-state index contributed by atoms with van der Waals surface area (Å²) in [5, 5.41) is 0.662. The molecule has 1 aromatic heterocycles. The van der Waals surface area contributed by atoms with Crippen LogP contribution in [0.25, 0.3) is 0 Å². The maximum absolute atomic E-state index is 13.0. The number of Topliss-reactive ketones (excluding diaryl/α,β-unsaturated/α-hetero) is 1. The summed E-state index contributed by atoms with van der Waals surface area (Å²) < 4.78 is 33.6. The number of aryl methyl sites for hydroxylation is 1. The van der Waals surface area contributed by atoms with Crippen molar-refractivity contribution in [3.05, 3.63) is 81.1 Å². The van der Waals surface area contributed by atoms with Crippen LogP contribution in [0.3, 0.4) is 0 Å². The van der Waals surface area contributed by atoms with E-state index >= 15 is 0 Å². The molecule has 4 rings (SSSR count). The molecule has 0 amide bonds. The zero-order valence-electron chi connectivity index (χ0n) is 17.7. The van der Waals surface area contributed by atoms with Crippen molar-refractivity contribution in [3.8, 4) is 5.75 Å². The SMILES string of the molecule is O=C(CCc1ccc(COc2ccc(Cl)cc2)cc1)[C@@H]1CCCN1S(=O)(=O)c1ccc(Cl)s1. The summed E-state index contributed by atoms with van der Waals surface area (Å²) >= 11 is 12.8. The molecule has 0 aliphatic carbocycles. The highest BCUT2D eigenvalue weighted by molar-refractivity contribution is 7.91. The molecule has 3 aromatic rings. The lowest BCUT2D eigenvalue weighted by Gasteiger charge is -2.22. The number of thiophene rings is 1. The minimum atomic E-state index is -3.71. The van der Waals surface area contributed by atoms with E-state index < -0.39 is 16.1 Å². The lowest BCUT2D eigenvalue weighted by molar-refractivity contribution is -0.122. The van der Waals surface area contributed by atoms with Crippen molar-refractivity contribution >= 4 is 50.3 Å². The molecule has 1 saturated heterocycles. The third-order valence-corrected chi connectivity index (χ3v) is 9.45. The molecule has 1 fully saturated rings. The molecule has 0 bridgehead atoms. The lowest BCUT2D eigenvalue weighted by atomic mass is 10.0. The highest BCUT2D eigenvalue weighted by atomic mass is 35.5. The Bertz CT molecular complexity index is 1210. The molecule has 33 heavy (non-hydrogen) atoms. The zero-order chi connectivity index (χ0) is 23.4. The van der Waals surface area contributed by atoms with Gasteiger partial charge in [0.15, 0.2) is 5.78 Å². The van der Waals surface area contributed by atoms with Crippen LogP contribution in [0, 0.1) is 0 Å². The van der Waals surface area contributed by atoms with Gasteiger partial charge < -0.3 is 4.74 Å². The summed E-state index contributed by atoms with van der Waals surface area (Å²) in [4.78, 5) is 12.9. The molecule has 1 atom stereocenters. The van der Waals surface area contributed by atoms with Gasteiger partial charge in [-0.3, -0.25) is 4.79 Å². The Labute approximate surface area is 208 Å². The molecule has 1 aliphatic rings. The molecule has 0 N–H and O–H groups in total. The monoisotopic (exact) mass is 523 g/mol. The number of sulfonamides is 1. The number of hydrogen-bond donors (Lipinski definition) is 0. The molecule has 174 valence electrons. The van der Waals surface area contributed by atoms with Gasteiger partial charge in [-0.1, -0.05) is 47.5 Å². The van der Waals surface area contributed by atoms with Gasteiger partial charge in [-0.05, 0) is 66.8 Å². The average Bonchev–Trinajstić information content (AvgIpc) is 3.48. The Hall–Kier alpha value is -1.90. The van der Waals surface area contributed by atoms with Crippen LogP contribution in [-0.4, -0.2) is 31.1 Å². The van der Waals surface area contributed by atoms with Gasteiger partial charge in [0.1, 0.15) is 16.6 Å². The third-order valence-electron chi connectivity index (χ3n) is 5.59. The molecule has 0 saturated carbocycles. The number of halogens is 2. The van der Waals surface area contributed by atoms with Gasteiger partial charge in [0.05, 0.1) is 10.4 Å². The summed E-state index contributed by atoms with van der Waals surface area (Å²) in [6.07, 6.45) is 2.09. The second-order valence-electron chi connectivity index (χ2n) is 7.86. The van der Waals surface area contributed by atoms with Crippen LogP contribution in [0.2, 0.25) is 9.36 Å². The average molecular weight is 524 g/mol. The van der Waals surface area contributed by atoms with Crippen molar-refractivity contribution in [3.63, 3.8) is 0 Å². The number of benzene rings is 2. The number of ether oxygens (including phenoxy) is 1. The third kappa shape index (κ3) is 5.97. The molecule has 0 unspecified atom stereocenters. The van der Waals surface area contributed by atoms with Gasteiger partial charge in [0.25, 0.3) is 10.0 Å². The molecule has 0 spiro atoms. The smallest absolute Gasteiger partial charge is 0.253 e. The van der Waals surface area contributed by atoms with Crippen molar-refractivity contribution in [2.45, 2.75) is 42.5 Å². The van der Waals surface area contributed by atoms with E-state index in [0.717, 1.165) is 28.2 Å². The predicted molar refractivity (Wildman–Crippen MR) is 132 cm³/mol. The zero-order valence-corrected chi connectivity index (χ0v) is 20.9. The first-order valence-corrected chi connectivity index (χ1v) is 13.6. The number of carbonyl (C=O) groups is 1. The first-order chi connectivity index (χ1) is 15.8. The van der Waals surface area contributed by atoms with Crippen molar-refractivity contribution < 1.29 is 17.9 Å². The second kappa shape index (κ2) is 10.6. The quantitative estimate of drug-likeness (QED) is 0.345. The Morgan fingerprint density at radius 3 is 2.36 bits per heavy atom. The van der Waals surface area contributed by atoms with Gasteiger partial charge in [-0.25, -0.2) is 8.42 Å². The molecular weight excluding hydrogens is 501 g/mol. The Balaban J connectivity index is 1.32. The maximum Gasteiger partial charge on any atom is 0.253 e. The van der Waals surface area contributed by atoms with Gasteiger partial charge in [-0.2, -0.15) is 4.31 Å². The summed E-state index contributed by atoms with van der Waals surface area (Å²) in [6.45, 7) is 0.791. The van der Waals surface area contributed by atoms with Crippen LogP contribution in [0.15, 0.2) is 64.9 Å². The Morgan fingerprint density at radius 2 is 1.70 bits per heavy atom. The van der Waals surface area contributed by atoms with E-state index in [4.69, 9.17) is 27.9 Å². The van der Waals surface area contributed by atoms with E-state index in [2.05, 4.69) is 0 Å². The highest BCUT2D eigenvalue weighted by Gasteiger charge is 2.39. The molecule has 9 heteroatoms. The summed E-state index contributed by atoms with van der Waals surface area (Å²) in [7, 11) is -3.71. The summed E-state index contributed by atoms with van der Waals surface area (Å²) in [5.41, 5.74) is 2.04. The fourth-order valence-electron chi connectivity index (χ4n) is 3.84. The standard InChI is InChI=1S/C24H23Cl2NO4S2/c25-19-8-10-20(11-9-19)31-16-18-5-3-17(4-6-18)7-12-22(28)21-2-1-15-27(21)33(29,30)24-14-13-23(26)32-24/h3-6,8-11,13-14,21H,1-2,7,12,15-16H2/t21-/m0/s1. The van der Waals surface area contributed by atoms with Gasteiger partial charge in [0, 0.05) is 18.0 Å². The van der Waals surface area contributed by atoms with E-state index in [9.17, 15) is 13.2 Å². The van der Waals surface area contributed by atoms with Crippen molar-refractivity contribution in [1.82, 2.24) is 4.31 Å². The minimum Gasteiger partial charge on any atom is -0.489 e. The Kier molecular flexibility index (Phi) is 7.76. The normalized spacial score (nSPS) is 16.7. The number of nitrogens with zero attached hydrogens (tertiary/aromatic N) is 1. The fourth-order valence-corrected chi connectivity index (χ4v) is 7.25. The van der Waals surface area contributed by atoms with Gasteiger partial charge >= 0.3 is 0 Å². The molecular formula is C24H23Cl2NO4S2. The molecule has 1 aliphatic heterocycles. The van der Waals surface area contributed by atoms with Crippen LogP contribution >= 0.6 is 34.5 Å². The first-order valence-electron chi connectivity index (χ1n) is 10.6. The number of carbonyl (C=O) groups excluding carboxylic acids is 1. The number of rotatable bonds is 9. The van der Waals surface area contributed by atoms with Crippen LogP contribution in [-0.2, 0) is 27.8 Å². The molecule has 2 aromatic carbocycles. The van der Waals surface area contributed by atoms with Gasteiger partial charge in [0.2, 0.25) is 0 Å². The largest absolute Gasteiger partial charge is 0.489 e. The van der Waals surface area contributed by atoms with Crippen molar-refractivity contribution in [2.24, 2.45) is 0 Å². The molecule has 5 nitrogen and oxygen atoms in total. The minimum absolute atomic E-state index is 0.0473. The van der Waals surface area contributed by atoms with Crippen molar-refractivity contribution in [2.75, 3.05) is 6.54 Å². The summed E-state index contributed by atoms with van der Waals surface area (Å²) in [5.74, 6) is 0.698. The van der Waals surface area contributed by atoms with Crippen LogP contribution < -0.4 is 4.74 Å². The van der Waals surface area contributed by atoms with E-state index in [0.29, 0.717) is 48.2 Å². The highest BCUT2D eigenvalue weighted by Crippen LogP contribution is 2.32. The molecule has 2 heterocycles.